The largest absolute Gasteiger partial charge is 0.459 e. The van der Waals surface area contributed by atoms with Crippen molar-refractivity contribution in [3.05, 3.63) is 91.0 Å². The molecule has 4 rings (SSSR count). The number of esters is 2. The molecule has 0 bridgehead atoms. The third-order valence-corrected chi connectivity index (χ3v) is 7.15. The van der Waals surface area contributed by atoms with E-state index < -0.39 is 36.1 Å². The lowest BCUT2D eigenvalue weighted by Crippen LogP contribution is -2.32. The number of nitrogens with zero attached hydrogens (tertiary/aromatic N) is 1. The van der Waals surface area contributed by atoms with Crippen LogP contribution in [0.25, 0.3) is 0 Å². The van der Waals surface area contributed by atoms with Crippen LogP contribution in [0.5, 0.6) is 0 Å². The Balaban J connectivity index is 1.54. The summed E-state index contributed by atoms with van der Waals surface area (Å²) >= 11 is 18.3. The molecule has 12 heteroatoms. The Morgan fingerprint density at radius 2 is 1.67 bits per heavy atom. The minimum atomic E-state index is -0.824. The predicted octanol–water partition coefficient (Wildman–Crippen LogP) is 5.30. The molecule has 36 heavy (non-hydrogen) atoms. The number of hydrogen-bond donors (Lipinski definition) is 1. The van der Waals surface area contributed by atoms with Crippen molar-refractivity contribution < 1.29 is 23.8 Å². The molecule has 1 saturated heterocycles. The third-order valence-electron chi connectivity index (χ3n) is 5.44. The fraction of sp³-hybridized carbons (Fsp3) is 0.250. The Morgan fingerprint density at radius 1 is 1.08 bits per heavy atom. The van der Waals surface area contributed by atoms with Crippen LogP contribution in [0.15, 0.2) is 64.4 Å². The first-order chi connectivity index (χ1) is 17.2. The molecule has 2 aromatic carbocycles. The van der Waals surface area contributed by atoms with Crippen LogP contribution in [0.3, 0.4) is 0 Å². The number of aromatic nitrogens is 2. The second-order valence-electron chi connectivity index (χ2n) is 7.78. The molecule has 0 radical (unpaired) electrons. The highest BCUT2D eigenvalue weighted by molar-refractivity contribution is 7.98. The number of thioether (sulfide) groups is 1. The summed E-state index contributed by atoms with van der Waals surface area (Å²) < 4.78 is 18.9. The quantitative estimate of drug-likeness (QED) is 0.233. The van der Waals surface area contributed by atoms with Gasteiger partial charge in [-0.2, -0.15) is 0 Å². The number of H-pyrrole nitrogens is 1. The molecule has 0 aliphatic carbocycles. The van der Waals surface area contributed by atoms with Crippen LogP contribution in [0.2, 0.25) is 10.0 Å². The molecule has 188 valence electrons. The summed E-state index contributed by atoms with van der Waals surface area (Å²) in [6.45, 7) is -0.205. The van der Waals surface area contributed by atoms with E-state index in [1.807, 2.05) is 6.26 Å². The second-order valence-corrected chi connectivity index (χ2v) is 9.91. The SMILES string of the molecule is CSc1cn([C@H]2C[C@H](OC(=O)c3ccc(Cl)cc3)[C@@H](COC(=O)c3ccc(Cl)cc3)O2)c(=O)[nH]c1=S. The Hall–Kier alpha value is -2.63. The van der Waals surface area contributed by atoms with E-state index in [4.69, 9.17) is 49.6 Å². The van der Waals surface area contributed by atoms with E-state index in [-0.39, 0.29) is 13.0 Å². The van der Waals surface area contributed by atoms with Gasteiger partial charge in [0, 0.05) is 22.7 Å². The molecule has 1 fully saturated rings. The van der Waals surface area contributed by atoms with Crippen molar-refractivity contribution in [2.45, 2.75) is 29.8 Å². The number of halogens is 2. The molecule has 1 aromatic heterocycles. The molecular formula is C24H20Cl2N2O6S2. The van der Waals surface area contributed by atoms with Crippen molar-refractivity contribution in [3.63, 3.8) is 0 Å². The van der Waals surface area contributed by atoms with Crippen molar-refractivity contribution in [2.24, 2.45) is 0 Å². The maximum Gasteiger partial charge on any atom is 0.338 e. The van der Waals surface area contributed by atoms with Gasteiger partial charge in [0.2, 0.25) is 0 Å². The number of nitrogens with one attached hydrogen (secondary N) is 1. The van der Waals surface area contributed by atoms with Crippen LogP contribution in [-0.2, 0) is 14.2 Å². The highest BCUT2D eigenvalue weighted by Crippen LogP contribution is 2.32. The number of carbonyl (C=O) groups is 2. The van der Waals surface area contributed by atoms with Gasteiger partial charge in [0.1, 0.15) is 29.7 Å². The van der Waals surface area contributed by atoms with E-state index in [0.29, 0.717) is 30.7 Å². The zero-order valence-electron chi connectivity index (χ0n) is 18.8. The summed E-state index contributed by atoms with van der Waals surface area (Å²) in [4.78, 5) is 41.2. The first-order valence-corrected chi connectivity index (χ1v) is 13.1. The van der Waals surface area contributed by atoms with E-state index in [0.717, 1.165) is 0 Å². The van der Waals surface area contributed by atoms with Gasteiger partial charge in [0.05, 0.1) is 16.0 Å². The molecule has 0 saturated carbocycles. The van der Waals surface area contributed by atoms with Crippen molar-refractivity contribution in [2.75, 3.05) is 12.9 Å². The minimum Gasteiger partial charge on any atom is -0.459 e. The Labute approximate surface area is 225 Å². The molecule has 8 nitrogen and oxygen atoms in total. The highest BCUT2D eigenvalue weighted by atomic mass is 35.5. The van der Waals surface area contributed by atoms with Crippen LogP contribution in [0.1, 0.15) is 33.4 Å². The summed E-state index contributed by atoms with van der Waals surface area (Å²) in [5, 5.41) is 0.966. The molecule has 0 unspecified atom stereocenters. The number of hydrogen-bond acceptors (Lipinski definition) is 8. The van der Waals surface area contributed by atoms with Crippen LogP contribution in [-0.4, -0.2) is 46.6 Å². The van der Waals surface area contributed by atoms with Gasteiger partial charge in [0.25, 0.3) is 0 Å². The number of ether oxygens (including phenoxy) is 3. The highest BCUT2D eigenvalue weighted by Gasteiger charge is 2.40. The van der Waals surface area contributed by atoms with Crippen LogP contribution < -0.4 is 5.69 Å². The second kappa shape index (κ2) is 11.6. The summed E-state index contributed by atoms with van der Waals surface area (Å²) in [5.41, 5.74) is 0.134. The lowest BCUT2D eigenvalue weighted by Gasteiger charge is -2.19. The van der Waals surface area contributed by atoms with Crippen LogP contribution >= 0.6 is 47.2 Å². The van der Waals surface area contributed by atoms with Crippen molar-refractivity contribution in [1.29, 1.82) is 0 Å². The third kappa shape index (κ3) is 6.19. The fourth-order valence-corrected chi connectivity index (χ4v) is 4.69. The standard InChI is InChI=1S/C24H20Cl2N2O6S2/c1-36-19-11-28(24(31)27-21(19)35)20-10-17(34-23(30)14-4-8-16(26)9-5-14)18(33-20)12-32-22(29)13-2-6-15(25)7-3-13/h2-9,11,17-18,20H,10,12H2,1H3,(H,27,31,35)/t17-,18+,20+/m0/s1. The van der Waals surface area contributed by atoms with Crippen molar-refractivity contribution >= 4 is 59.1 Å². The van der Waals surface area contributed by atoms with Gasteiger partial charge in [-0.15, -0.1) is 11.8 Å². The van der Waals surface area contributed by atoms with E-state index in [2.05, 4.69) is 4.98 Å². The number of aromatic amines is 1. The smallest absolute Gasteiger partial charge is 0.338 e. The lowest BCUT2D eigenvalue weighted by molar-refractivity contribution is -0.0583. The Morgan fingerprint density at radius 3 is 2.25 bits per heavy atom. The van der Waals surface area contributed by atoms with E-state index >= 15 is 0 Å². The lowest BCUT2D eigenvalue weighted by atomic mass is 10.1. The molecule has 1 aliphatic rings. The van der Waals surface area contributed by atoms with Gasteiger partial charge in [-0.3, -0.25) is 9.55 Å². The van der Waals surface area contributed by atoms with Crippen LogP contribution in [0, 0.1) is 4.64 Å². The van der Waals surface area contributed by atoms with Gasteiger partial charge >= 0.3 is 17.6 Å². The van der Waals surface area contributed by atoms with Crippen molar-refractivity contribution in [1.82, 2.24) is 9.55 Å². The average molecular weight is 567 g/mol. The van der Waals surface area contributed by atoms with Gasteiger partial charge < -0.3 is 14.2 Å². The summed E-state index contributed by atoms with van der Waals surface area (Å²) in [7, 11) is 0. The van der Waals surface area contributed by atoms with E-state index in [9.17, 15) is 14.4 Å². The average Bonchev–Trinajstić information content (AvgIpc) is 3.25. The van der Waals surface area contributed by atoms with Crippen LogP contribution in [0.4, 0.5) is 0 Å². The predicted molar refractivity (Wildman–Crippen MR) is 139 cm³/mol. The first kappa shape index (κ1) is 26.4. The number of rotatable bonds is 7. The monoisotopic (exact) mass is 566 g/mol. The maximum atomic E-state index is 12.8. The van der Waals surface area contributed by atoms with Gasteiger partial charge in [-0.25, -0.2) is 14.4 Å². The van der Waals surface area contributed by atoms with Gasteiger partial charge in [-0.05, 0) is 54.8 Å². The molecular weight excluding hydrogens is 547 g/mol. The Bertz CT molecular complexity index is 1380. The topological polar surface area (TPSA) is 99.6 Å². The first-order valence-electron chi connectivity index (χ1n) is 10.7. The summed E-state index contributed by atoms with van der Waals surface area (Å²) in [6.07, 6.45) is 1.17. The Kier molecular flexibility index (Phi) is 8.53. The number of carbonyl (C=O) groups excluding carboxylic acids is 2. The minimum absolute atomic E-state index is 0.154. The number of benzene rings is 2. The maximum absolute atomic E-state index is 12.8. The van der Waals surface area contributed by atoms with Gasteiger partial charge in [-0.1, -0.05) is 35.4 Å². The van der Waals surface area contributed by atoms with E-state index in [1.54, 1.807) is 42.6 Å². The molecule has 1 N–H and O–H groups in total. The zero-order valence-corrected chi connectivity index (χ0v) is 22.0. The fourth-order valence-electron chi connectivity index (χ4n) is 3.59. The molecule has 3 aromatic rings. The zero-order chi connectivity index (χ0) is 25.8. The molecule has 0 spiro atoms. The molecule has 0 amide bonds. The summed E-state index contributed by atoms with van der Waals surface area (Å²) in [6, 6.07) is 12.5. The summed E-state index contributed by atoms with van der Waals surface area (Å²) in [5.74, 6) is -1.19. The van der Waals surface area contributed by atoms with Gasteiger partial charge in [0.15, 0.2) is 0 Å². The molecule has 1 aliphatic heterocycles. The molecule has 2 heterocycles. The van der Waals surface area contributed by atoms with Crippen molar-refractivity contribution in [3.8, 4) is 0 Å². The van der Waals surface area contributed by atoms with E-state index in [1.165, 1.54) is 28.5 Å². The normalized spacial score (nSPS) is 19.1. The molecule has 3 atom stereocenters.